The Morgan fingerprint density at radius 3 is 2.38 bits per heavy atom. The summed E-state index contributed by atoms with van der Waals surface area (Å²) in [6, 6.07) is 0. The summed E-state index contributed by atoms with van der Waals surface area (Å²) in [5.41, 5.74) is 5.55. The second-order valence-corrected chi connectivity index (χ2v) is 4.74. The molecule has 0 aliphatic carbocycles. The summed E-state index contributed by atoms with van der Waals surface area (Å²) in [5.74, 6) is 0. The van der Waals surface area contributed by atoms with Gasteiger partial charge in [-0.2, -0.15) is 0 Å². The van der Waals surface area contributed by atoms with Gasteiger partial charge in [0.15, 0.2) is 0 Å². The third-order valence-electron chi connectivity index (χ3n) is 2.99. The van der Waals surface area contributed by atoms with Crippen LogP contribution in [-0.4, -0.2) is 30.5 Å². The number of aliphatic hydroxyl groups is 1. The maximum atomic E-state index is 8.70. The number of nitrogens with two attached hydrogens (primary N) is 1. The molecule has 0 rings (SSSR count). The van der Waals surface area contributed by atoms with Crippen LogP contribution in [0.4, 0.5) is 0 Å². The molecule has 0 radical (unpaired) electrons. The van der Waals surface area contributed by atoms with E-state index in [1.54, 1.807) is 0 Å². The minimum atomic E-state index is -0.193. The Kier molecular flexibility index (Phi) is 9.99. The molecule has 3 nitrogen and oxygen atoms in total. The van der Waals surface area contributed by atoms with Crippen LogP contribution in [0.5, 0.6) is 0 Å². The van der Waals surface area contributed by atoms with Crippen molar-refractivity contribution in [1.82, 2.24) is 0 Å². The monoisotopic (exact) mass is 231 g/mol. The van der Waals surface area contributed by atoms with E-state index in [-0.39, 0.29) is 12.2 Å². The SMILES string of the molecule is CCCCCCCC(C)(CN)OCCCO. The van der Waals surface area contributed by atoms with E-state index in [0.29, 0.717) is 19.6 Å². The minimum Gasteiger partial charge on any atom is -0.396 e. The van der Waals surface area contributed by atoms with Gasteiger partial charge < -0.3 is 15.6 Å². The molecule has 16 heavy (non-hydrogen) atoms. The van der Waals surface area contributed by atoms with Crippen molar-refractivity contribution in [3.63, 3.8) is 0 Å². The highest BCUT2D eigenvalue weighted by Crippen LogP contribution is 2.19. The Morgan fingerprint density at radius 1 is 1.12 bits per heavy atom. The molecule has 0 aromatic carbocycles. The van der Waals surface area contributed by atoms with E-state index in [2.05, 4.69) is 13.8 Å². The lowest BCUT2D eigenvalue weighted by Gasteiger charge is -2.28. The fourth-order valence-corrected chi connectivity index (χ4v) is 1.72. The molecule has 3 heteroatoms. The Morgan fingerprint density at radius 2 is 1.81 bits per heavy atom. The maximum absolute atomic E-state index is 8.70. The van der Waals surface area contributed by atoms with E-state index < -0.39 is 0 Å². The maximum Gasteiger partial charge on any atom is 0.0776 e. The molecule has 1 atom stereocenters. The summed E-state index contributed by atoms with van der Waals surface area (Å²) in [4.78, 5) is 0. The van der Waals surface area contributed by atoms with Crippen LogP contribution in [0.2, 0.25) is 0 Å². The Bertz CT molecular complexity index is 153. The van der Waals surface area contributed by atoms with E-state index in [1.165, 1.54) is 32.1 Å². The molecule has 0 aliphatic heterocycles. The van der Waals surface area contributed by atoms with Crippen molar-refractivity contribution in [2.45, 2.75) is 64.4 Å². The van der Waals surface area contributed by atoms with Crippen molar-refractivity contribution in [1.29, 1.82) is 0 Å². The van der Waals surface area contributed by atoms with Gasteiger partial charge in [-0.1, -0.05) is 39.0 Å². The van der Waals surface area contributed by atoms with Crippen molar-refractivity contribution in [2.24, 2.45) is 5.73 Å². The van der Waals surface area contributed by atoms with Gasteiger partial charge in [-0.3, -0.25) is 0 Å². The third-order valence-corrected chi connectivity index (χ3v) is 2.99. The molecule has 3 N–H and O–H groups in total. The lowest BCUT2D eigenvalue weighted by Crippen LogP contribution is -2.38. The number of hydrogen-bond donors (Lipinski definition) is 2. The molecule has 0 spiro atoms. The van der Waals surface area contributed by atoms with Gasteiger partial charge in [0.05, 0.1) is 5.60 Å². The topological polar surface area (TPSA) is 55.5 Å². The Hall–Kier alpha value is -0.120. The molecular weight excluding hydrogens is 202 g/mol. The summed E-state index contributed by atoms with van der Waals surface area (Å²) < 4.78 is 5.74. The number of unbranched alkanes of at least 4 members (excludes halogenated alkanes) is 4. The van der Waals surface area contributed by atoms with Crippen LogP contribution in [0.1, 0.15) is 58.8 Å². The van der Waals surface area contributed by atoms with Gasteiger partial charge in [-0.15, -0.1) is 0 Å². The van der Waals surface area contributed by atoms with E-state index in [9.17, 15) is 0 Å². The molecule has 0 saturated carbocycles. The molecule has 98 valence electrons. The summed E-state index contributed by atoms with van der Waals surface area (Å²) in [7, 11) is 0. The van der Waals surface area contributed by atoms with Gasteiger partial charge in [0, 0.05) is 19.8 Å². The van der Waals surface area contributed by atoms with Gasteiger partial charge in [-0.25, -0.2) is 0 Å². The van der Waals surface area contributed by atoms with Crippen LogP contribution in [0, 0.1) is 0 Å². The van der Waals surface area contributed by atoms with Crippen molar-refractivity contribution in [2.75, 3.05) is 19.8 Å². The van der Waals surface area contributed by atoms with Crippen LogP contribution in [0.3, 0.4) is 0 Å². The largest absolute Gasteiger partial charge is 0.396 e. The van der Waals surface area contributed by atoms with Gasteiger partial charge in [-0.05, 0) is 19.8 Å². The lowest BCUT2D eigenvalue weighted by atomic mass is 9.97. The van der Waals surface area contributed by atoms with Crippen LogP contribution in [0.15, 0.2) is 0 Å². The molecule has 0 heterocycles. The van der Waals surface area contributed by atoms with Gasteiger partial charge in [0.1, 0.15) is 0 Å². The van der Waals surface area contributed by atoms with Gasteiger partial charge in [0.2, 0.25) is 0 Å². The van der Waals surface area contributed by atoms with Crippen molar-refractivity contribution >= 4 is 0 Å². The first-order valence-corrected chi connectivity index (χ1v) is 6.63. The zero-order chi connectivity index (χ0) is 12.3. The molecule has 0 fully saturated rings. The number of ether oxygens (including phenoxy) is 1. The number of rotatable bonds is 11. The molecule has 0 aromatic rings. The number of hydrogen-bond acceptors (Lipinski definition) is 3. The summed E-state index contributed by atoms with van der Waals surface area (Å²) in [6.07, 6.45) is 8.10. The summed E-state index contributed by atoms with van der Waals surface area (Å²) >= 11 is 0. The van der Waals surface area contributed by atoms with E-state index in [4.69, 9.17) is 15.6 Å². The summed E-state index contributed by atoms with van der Waals surface area (Å²) in [5, 5.41) is 8.70. The third kappa shape index (κ3) is 8.08. The van der Waals surface area contributed by atoms with Crippen molar-refractivity contribution in [3.05, 3.63) is 0 Å². The first-order chi connectivity index (χ1) is 7.68. The molecule has 0 aliphatic rings. The fourth-order valence-electron chi connectivity index (χ4n) is 1.72. The highest BCUT2D eigenvalue weighted by atomic mass is 16.5. The second-order valence-electron chi connectivity index (χ2n) is 4.74. The van der Waals surface area contributed by atoms with Crippen LogP contribution < -0.4 is 5.73 Å². The molecule has 1 unspecified atom stereocenters. The molecule has 0 aromatic heterocycles. The lowest BCUT2D eigenvalue weighted by molar-refractivity contribution is -0.0368. The quantitative estimate of drug-likeness (QED) is 0.537. The predicted molar refractivity (Wildman–Crippen MR) is 68.5 cm³/mol. The minimum absolute atomic E-state index is 0.192. The van der Waals surface area contributed by atoms with Crippen molar-refractivity contribution < 1.29 is 9.84 Å². The predicted octanol–water partition coefficient (Wildman–Crippen LogP) is 2.46. The average Bonchev–Trinajstić information content (AvgIpc) is 2.29. The van der Waals surface area contributed by atoms with Crippen LogP contribution in [-0.2, 0) is 4.74 Å². The van der Waals surface area contributed by atoms with Crippen molar-refractivity contribution in [3.8, 4) is 0 Å². The van der Waals surface area contributed by atoms with E-state index in [1.807, 2.05) is 0 Å². The number of aliphatic hydroxyl groups excluding tert-OH is 1. The Labute approximate surface area is 100 Å². The highest BCUT2D eigenvalue weighted by molar-refractivity contribution is 4.76. The summed E-state index contributed by atoms with van der Waals surface area (Å²) in [6.45, 7) is 5.66. The second kappa shape index (κ2) is 10.1. The first kappa shape index (κ1) is 15.9. The first-order valence-electron chi connectivity index (χ1n) is 6.63. The van der Waals surface area contributed by atoms with E-state index in [0.717, 1.165) is 6.42 Å². The van der Waals surface area contributed by atoms with Gasteiger partial charge in [0.25, 0.3) is 0 Å². The van der Waals surface area contributed by atoms with Crippen LogP contribution in [0.25, 0.3) is 0 Å². The molecular formula is C13H29NO2. The molecule has 0 amide bonds. The Balaban J connectivity index is 3.61. The zero-order valence-corrected chi connectivity index (χ0v) is 11.0. The van der Waals surface area contributed by atoms with E-state index >= 15 is 0 Å². The standard InChI is InChI=1S/C13H29NO2/c1-3-4-5-6-7-9-13(2,12-14)16-11-8-10-15/h15H,3-12,14H2,1-2H3. The fraction of sp³-hybridized carbons (Fsp3) is 1.00. The normalized spacial score (nSPS) is 15.0. The molecule has 0 bridgehead atoms. The van der Waals surface area contributed by atoms with Crippen LogP contribution >= 0.6 is 0 Å². The average molecular weight is 231 g/mol. The zero-order valence-electron chi connectivity index (χ0n) is 11.0. The highest BCUT2D eigenvalue weighted by Gasteiger charge is 2.22. The smallest absolute Gasteiger partial charge is 0.0776 e. The van der Waals surface area contributed by atoms with Gasteiger partial charge >= 0.3 is 0 Å². The molecule has 0 saturated heterocycles.